The lowest BCUT2D eigenvalue weighted by Gasteiger charge is -2.03. The van der Waals surface area contributed by atoms with Crippen LogP contribution >= 0.6 is 11.8 Å². The first kappa shape index (κ1) is 16.1. The Hall–Kier alpha value is -2.80. The Kier molecular flexibility index (Phi) is 4.81. The number of nitrogens with zero attached hydrogens (tertiary/aromatic N) is 2. The van der Waals surface area contributed by atoms with Gasteiger partial charge in [0.15, 0.2) is 10.9 Å². The average Bonchev–Trinajstić information content (AvgIpc) is 2.60. The Balaban J connectivity index is 1.76. The maximum Gasteiger partial charge on any atom is 0.349 e. The molecule has 0 saturated heterocycles. The van der Waals surface area contributed by atoms with Gasteiger partial charge in [-0.2, -0.15) is 4.98 Å². The quantitative estimate of drug-likeness (QED) is 0.570. The molecule has 2 aromatic carbocycles. The lowest BCUT2D eigenvalue weighted by Crippen LogP contribution is -2.15. The van der Waals surface area contributed by atoms with Gasteiger partial charge in [-0.1, -0.05) is 42.1 Å². The highest BCUT2D eigenvalue weighted by atomic mass is 32.2. The Morgan fingerprint density at radius 2 is 1.75 bits per heavy atom. The minimum atomic E-state index is -0.527. The zero-order valence-electron chi connectivity index (χ0n) is 12.4. The number of nitrogens with one attached hydrogen (secondary N) is 1. The van der Waals surface area contributed by atoms with E-state index in [9.17, 15) is 14.0 Å². The standard InChI is InChI=1S/C17H12FN3O2S/c18-13-8-6-11(7-9-13)14(22)10-24-17-20-15(19-16(23)21-17)12-4-2-1-3-5-12/h1-9H,10H2,(H,19,20,21,23). The van der Waals surface area contributed by atoms with Crippen molar-refractivity contribution in [1.82, 2.24) is 15.0 Å². The molecule has 0 unspecified atom stereocenters. The smallest absolute Gasteiger partial charge is 0.293 e. The third kappa shape index (κ3) is 3.94. The number of ketones is 1. The molecule has 0 bridgehead atoms. The molecule has 0 saturated carbocycles. The largest absolute Gasteiger partial charge is 0.349 e. The van der Waals surface area contributed by atoms with E-state index in [1.165, 1.54) is 24.3 Å². The van der Waals surface area contributed by atoms with Gasteiger partial charge in [0.05, 0.1) is 5.75 Å². The summed E-state index contributed by atoms with van der Waals surface area (Å²) in [5, 5.41) is 0.216. The Labute approximate surface area is 141 Å². The van der Waals surface area contributed by atoms with E-state index in [1.807, 2.05) is 30.3 Å². The predicted molar refractivity (Wildman–Crippen MR) is 89.5 cm³/mol. The topological polar surface area (TPSA) is 75.7 Å². The van der Waals surface area contributed by atoms with E-state index in [0.29, 0.717) is 11.4 Å². The van der Waals surface area contributed by atoms with Gasteiger partial charge in [-0.3, -0.25) is 9.78 Å². The summed E-state index contributed by atoms with van der Waals surface area (Å²) in [4.78, 5) is 34.4. The molecule has 0 aliphatic rings. The zero-order valence-corrected chi connectivity index (χ0v) is 13.2. The third-order valence-electron chi connectivity index (χ3n) is 3.18. The van der Waals surface area contributed by atoms with Gasteiger partial charge in [-0.05, 0) is 24.3 Å². The lowest BCUT2D eigenvalue weighted by molar-refractivity contribution is 0.102. The third-order valence-corrected chi connectivity index (χ3v) is 4.02. The molecule has 3 rings (SSSR count). The number of hydrogen-bond acceptors (Lipinski definition) is 5. The molecule has 0 aliphatic heterocycles. The van der Waals surface area contributed by atoms with Crippen LogP contribution in [-0.4, -0.2) is 26.5 Å². The molecule has 0 aliphatic carbocycles. The summed E-state index contributed by atoms with van der Waals surface area (Å²) in [6.07, 6.45) is 0. The number of carbonyl (C=O) groups excluding carboxylic acids is 1. The maximum atomic E-state index is 12.9. The monoisotopic (exact) mass is 341 g/mol. The first-order valence-electron chi connectivity index (χ1n) is 7.07. The van der Waals surface area contributed by atoms with Crippen molar-refractivity contribution >= 4 is 17.5 Å². The highest BCUT2D eigenvalue weighted by Gasteiger charge is 2.10. The number of carbonyl (C=O) groups is 1. The summed E-state index contributed by atoms with van der Waals surface area (Å²) >= 11 is 1.07. The summed E-state index contributed by atoms with van der Waals surface area (Å²) < 4.78 is 12.9. The molecule has 120 valence electrons. The fourth-order valence-electron chi connectivity index (χ4n) is 2.01. The SMILES string of the molecule is O=C(CSc1nc(-c2ccccc2)[nH]c(=O)n1)c1ccc(F)cc1. The molecule has 7 heteroatoms. The molecule has 1 heterocycles. The number of thioether (sulfide) groups is 1. The molecule has 0 spiro atoms. The summed E-state index contributed by atoms with van der Waals surface area (Å²) in [5.41, 5.74) is 0.626. The van der Waals surface area contributed by atoms with Crippen LogP contribution in [0.4, 0.5) is 4.39 Å². The number of Topliss-reactive ketones (excluding diaryl/α,β-unsaturated/α-hetero) is 1. The van der Waals surface area contributed by atoms with Gasteiger partial charge in [0.1, 0.15) is 11.6 Å². The lowest BCUT2D eigenvalue weighted by atomic mass is 10.1. The first-order chi connectivity index (χ1) is 11.6. The van der Waals surface area contributed by atoms with Crippen LogP contribution in [0.2, 0.25) is 0 Å². The van der Waals surface area contributed by atoms with E-state index in [-0.39, 0.29) is 16.7 Å². The predicted octanol–water partition coefficient (Wildman–Crippen LogP) is 2.95. The van der Waals surface area contributed by atoms with Crippen molar-refractivity contribution in [3.8, 4) is 11.4 Å². The zero-order chi connectivity index (χ0) is 16.9. The van der Waals surface area contributed by atoms with Gasteiger partial charge in [0.2, 0.25) is 0 Å². The fourth-order valence-corrected chi connectivity index (χ4v) is 2.74. The van der Waals surface area contributed by atoms with Crippen LogP contribution in [0.25, 0.3) is 11.4 Å². The van der Waals surface area contributed by atoms with Crippen LogP contribution in [-0.2, 0) is 0 Å². The molecule has 0 atom stereocenters. The van der Waals surface area contributed by atoms with Gasteiger partial charge in [-0.15, -0.1) is 0 Å². The molecule has 3 aromatic rings. The number of hydrogen-bond donors (Lipinski definition) is 1. The molecule has 5 nitrogen and oxygen atoms in total. The molecule has 24 heavy (non-hydrogen) atoms. The molecule has 0 fully saturated rings. The second-order valence-corrected chi connectivity index (χ2v) is 5.81. The molecular formula is C17H12FN3O2S. The number of aromatic amines is 1. The van der Waals surface area contributed by atoms with Gasteiger partial charge >= 0.3 is 5.69 Å². The normalized spacial score (nSPS) is 10.5. The van der Waals surface area contributed by atoms with Gasteiger partial charge in [0, 0.05) is 11.1 Å². The second-order valence-electron chi connectivity index (χ2n) is 4.87. The average molecular weight is 341 g/mol. The van der Waals surface area contributed by atoms with Crippen LogP contribution in [0.5, 0.6) is 0 Å². The van der Waals surface area contributed by atoms with Crippen LogP contribution in [0.15, 0.2) is 64.5 Å². The highest BCUT2D eigenvalue weighted by Crippen LogP contribution is 2.18. The summed E-state index contributed by atoms with van der Waals surface area (Å²) in [7, 11) is 0. The Bertz CT molecular complexity index is 911. The number of H-pyrrole nitrogens is 1. The van der Waals surface area contributed by atoms with Crippen molar-refractivity contribution in [2.24, 2.45) is 0 Å². The van der Waals surface area contributed by atoms with E-state index in [0.717, 1.165) is 17.3 Å². The van der Waals surface area contributed by atoms with Crippen LogP contribution in [0.1, 0.15) is 10.4 Å². The molecule has 1 aromatic heterocycles. The number of halogens is 1. The van der Waals surface area contributed by atoms with E-state index >= 15 is 0 Å². The van der Waals surface area contributed by atoms with Crippen LogP contribution in [0, 0.1) is 5.82 Å². The minimum Gasteiger partial charge on any atom is -0.293 e. The van der Waals surface area contributed by atoms with E-state index in [4.69, 9.17) is 0 Å². The van der Waals surface area contributed by atoms with Gasteiger partial charge < -0.3 is 0 Å². The van der Waals surface area contributed by atoms with E-state index in [1.54, 1.807) is 0 Å². The highest BCUT2D eigenvalue weighted by molar-refractivity contribution is 7.99. The van der Waals surface area contributed by atoms with E-state index < -0.39 is 11.5 Å². The van der Waals surface area contributed by atoms with Crippen LogP contribution in [0.3, 0.4) is 0 Å². The van der Waals surface area contributed by atoms with Crippen molar-refractivity contribution < 1.29 is 9.18 Å². The second kappa shape index (κ2) is 7.18. The molecule has 0 radical (unpaired) electrons. The molecule has 0 amide bonds. The van der Waals surface area contributed by atoms with Crippen LogP contribution < -0.4 is 5.69 Å². The van der Waals surface area contributed by atoms with Gasteiger partial charge in [0.25, 0.3) is 0 Å². The van der Waals surface area contributed by atoms with Crippen molar-refractivity contribution in [3.05, 3.63) is 76.5 Å². The van der Waals surface area contributed by atoms with Crippen molar-refractivity contribution in [1.29, 1.82) is 0 Å². The Morgan fingerprint density at radius 3 is 2.46 bits per heavy atom. The first-order valence-corrected chi connectivity index (χ1v) is 8.06. The number of benzene rings is 2. The Morgan fingerprint density at radius 1 is 1.04 bits per heavy atom. The number of rotatable bonds is 5. The number of aromatic nitrogens is 3. The maximum absolute atomic E-state index is 12.9. The minimum absolute atomic E-state index is 0.0588. The van der Waals surface area contributed by atoms with E-state index in [2.05, 4.69) is 15.0 Å². The summed E-state index contributed by atoms with van der Waals surface area (Å²) in [6.45, 7) is 0. The van der Waals surface area contributed by atoms with Crippen molar-refractivity contribution in [2.45, 2.75) is 5.16 Å². The molecule has 1 N–H and O–H groups in total. The van der Waals surface area contributed by atoms with Crippen molar-refractivity contribution in [3.63, 3.8) is 0 Å². The summed E-state index contributed by atoms with van der Waals surface area (Å²) in [5.74, 6) is -0.134. The molecular weight excluding hydrogens is 329 g/mol. The fraction of sp³-hybridized carbons (Fsp3) is 0.0588. The van der Waals surface area contributed by atoms with Crippen molar-refractivity contribution in [2.75, 3.05) is 5.75 Å². The van der Waals surface area contributed by atoms with Gasteiger partial charge in [-0.25, -0.2) is 14.2 Å². The summed E-state index contributed by atoms with van der Waals surface area (Å²) in [6, 6.07) is 14.5.